The van der Waals surface area contributed by atoms with E-state index in [1.54, 1.807) is 0 Å². The summed E-state index contributed by atoms with van der Waals surface area (Å²) < 4.78 is 0. The van der Waals surface area contributed by atoms with Crippen molar-refractivity contribution >= 4 is 0 Å². The molecule has 2 rings (SSSR count). The van der Waals surface area contributed by atoms with Gasteiger partial charge in [-0.3, -0.25) is 0 Å². The first-order valence-electron chi connectivity index (χ1n) is 4.07. The van der Waals surface area contributed by atoms with E-state index in [-0.39, 0.29) is 0 Å². The predicted molar refractivity (Wildman–Crippen MR) is 50.1 cm³/mol. The summed E-state index contributed by atoms with van der Waals surface area (Å²) in [6.45, 7) is 4.11. The van der Waals surface area contributed by atoms with Crippen LogP contribution in [0.2, 0.25) is 0 Å². The van der Waals surface area contributed by atoms with Gasteiger partial charge in [-0.2, -0.15) is 0 Å². The van der Waals surface area contributed by atoms with Gasteiger partial charge >= 0.3 is 0 Å². The lowest BCUT2D eigenvalue weighted by atomic mass is 10.3. The molecule has 0 aliphatic carbocycles. The van der Waals surface area contributed by atoms with Crippen LogP contribution < -0.4 is 0 Å². The van der Waals surface area contributed by atoms with Crippen LogP contribution >= 0.6 is 0 Å². The van der Waals surface area contributed by atoms with Gasteiger partial charge in [-0.1, -0.05) is 0 Å². The fourth-order valence-corrected chi connectivity index (χ4v) is 1.32. The minimum absolute atomic E-state index is 1.15. The Hall–Kier alpha value is -1.44. The number of aromatic nitrogens is 2. The van der Waals surface area contributed by atoms with Crippen molar-refractivity contribution in [1.82, 2.24) is 9.97 Å². The van der Waals surface area contributed by atoms with Gasteiger partial charge in [0.05, 0.1) is 11.4 Å². The molecule has 0 aromatic carbocycles. The fraction of sp³-hybridized carbons (Fsp3) is 0.200. The van der Waals surface area contributed by atoms with Gasteiger partial charge in [-0.25, -0.2) is 0 Å². The highest BCUT2D eigenvalue weighted by Crippen LogP contribution is 2.16. The Balaban J connectivity index is 2.43. The van der Waals surface area contributed by atoms with Crippen molar-refractivity contribution in [3.05, 3.63) is 35.7 Å². The van der Waals surface area contributed by atoms with Crippen LogP contribution in [0.4, 0.5) is 0 Å². The van der Waals surface area contributed by atoms with Crippen molar-refractivity contribution in [2.45, 2.75) is 13.8 Å². The fourth-order valence-electron chi connectivity index (χ4n) is 1.32. The molecule has 2 aromatic heterocycles. The molecule has 0 bridgehead atoms. The third-order valence-corrected chi connectivity index (χ3v) is 1.95. The zero-order chi connectivity index (χ0) is 8.55. The first kappa shape index (κ1) is 7.22. The smallest absolute Gasteiger partial charge is 0.0621 e. The zero-order valence-electron chi connectivity index (χ0n) is 7.31. The molecule has 0 radical (unpaired) electrons. The summed E-state index contributed by atoms with van der Waals surface area (Å²) in [5.74, 6) is 0. The van der Waals surface area contributed by atoms with Gasteiger partial charge in [0.1, 0.15) is 0 Å². The molecule has 0 saturated heterocycles. The van der Waals surface area contributed by atoms with Crippen LogP contribution in [0, 0.1) is 13.8 Å². The van der Waals surface area contributed by atoms with E-state index in [2.05, 4.69) is 48.1 Å². The summed E-state index contributed by atoms with van der Waals surface area (Å²) in [6, 6.07) is 8.32. The Morgan fingerprint density at radius 2 is 1.17 bits per heavy atom. The normalized spacial score (nSPS) is 10.5. The van der Waals surface area contributed by atoms with Crippen LogP contribution in [0.1, 0.15) is 11.4 Å². The maximum atomic E-state index is 3.27. The van der Waals surface area contributed by atoms with Gasteiger partial charge in [0.25, 0.3) is 0 Å². The molecule has 0 amide bonds. The van der Waals surface area contributed by atoms with Crippen molar-refractivity contribution < 1.29 is 0 Å². The van der Waals surface area contributed by atoms with E-state index in [0.717, 1.165) is 11.4 Å². The molecule has 2 N–H and O–H groups in total. The van der Waals surface area contributed by atoms with E-state index in [1.165, 1.54) is 11.4 Å². The van der Waals surface area contributed by atoms with Gasteiger partial charge in [0.2, 0.25) is 0 Å². The van der Waals surface area contributed by atoms with Gasteiger partial charge in [-0.15, -0.1) is 0 Å². The molecule has 0 aliphatic rings. The van der Waals surface area contributed by atoms with E-state index in [0.29, 0.717) is 0 Å². The number of rotatable bonds is 1. The van der Waals surface area contributed by atoms with Crippen LogP contribution in [-0.2, 0) is 0 Å². The molecule has 2 heteroatoms. The summed E-state index contributed by atoms with van der Waals surface area (Å²) in [5.41, 5.74) is 4.69. The third-order valence-electron chi connectivity index (χ3n) is 1.95. The monoisotopic (exact) mass is 160 g/mol. The zero-order valence-corrected chi connectivity index (χ0v) is 7.31. The highest BCUT2D eigenvalue weighted by Gasteiger charge is 1.99. The van der Waals surface area contributed by atoms with Gasteiger partial charge in [0.15, 0.2) is 0 Å². The van der Waals surface area contributed by atoms with E-state index < -0.39 is 0 Å². The molecule has 12 heavy (non-hydrogen) atoms. The standard InChI is InChI=1S/C10H12N2/c1-7-3-5-9(11-7)10-6-4-8(2)12-10/h3-6,11-12H,1-2H3. The first-order valence-corrected chi connectivity index (χ1v) is 4.07. The Morgan fingerprint density at radius 3 is 1.42 bits per heavy atom. The second kappa shape index (κ2) is 2.55. The highest BCUT2D eigenvalue weighted by molar-refractivity contribution is 5.55. The molecule has 0 aliphatic heterocycles. The molecular formula is C10H12N2. The molecule has 0 atom stereocenters. The lowest BCUT2D eigenvalue weighted by Crippen LogP contribution is -1.77. The number of hydrogen-bond donors (Lipinski definition) is 2. The van der Waals surface area contributed by atoms with Crippen molar-refractivity contribution in [2.75, 3.05) is 0 Å². The SMILES string of the molecule is Cc1ccc(-c2ccc(C)[nH]2)[nH]1. The summed E-state index contributed by atoms with van der Waals surface area (Å²) >= 11 is 0. The number of aryl methyl sites for hydroxylation is 2. The molecule has 2 nitrogen and oxygen atoms in total. The topological polar surface area (TPSA) is 31.6 Å². The molecule has 0 saturated carbocycles. The third kappa shape index (κ3) is 1.16. The maximum absolute atomic E-state index is 3.27. The minimum atomic E-state index is 1.15. The summed E-state index contributed by atoms with van der Waals surface area (Å²) in [5, 5.41) is 0. The van der Waals surface area contributed by atoms with E-state index in [9.17, 15) is 0 Å². The van der Waals surface area contributed by atoms with E-state index >= 15 is 0 Å². The molecule has 0 unspecified atom stereocenters. The molecule has 62 valence electrons. The molecule has 2 aromatic rings. The van der Waals surface area contributed by atoms with Gasteiger partial charge < -0.3 is 9.97 Å². The van der Waals surface area contributed by atoms with Gasteiger partial charge in [-0.05, 0) is 38.1 Å². The Morgan fingerprint density at radius 1 is 0.750 bits per heavy atom. The van der Waals surface area contributed by atoms with Crippen LogP contribution in [0.5, 0.6) is 0 Å². The average molecular weight is 160 g/mol. The summed E-state index contributed by atoms with van der Waals surface area (Å²) in [4.78, 5) is 6.55. The number of nitrogens with one attached hydrogen (secondary N) is 2. The molecule has 0 spiro atoms. The Labute approximate surface area is 71.6 Å². The maximum Gasteiger partial charge on any atom is 0.0621 e. The van der Waals surface area contributed by atoms with E-state index in [4.69, 9.17) is 0 Å². The lowest BCUT2D eigenvalue weighted by Gasteiger charge is -1.91. The highest BCUT2D eigenvalue weighted by atomic mass is 14.8. The van der Waals surface area contributed by atoms with Crippen LogP contribution in [-0.4, -0.2) is 9.97 Å². The molecule has 0 fully saturated rings. The van der Waals surface area contributed by atoms with Crippen LogP contribution in [0.25, 0.3) is 11.4 Å². The van der Waals surface area contributed by atoms with Crippen molar-refractivity contribution in [2.24, 2.45) is 0 Å². The average Bonchev–Trinajstić information content (AvgIpc) is 2.58. The van der Waals surface area contributed by atoms with Crippen LogP contribution in [0.15, 0.2) is 24.3 Å². The number of aromatic amines is 2. The van der Waals surface area contributed by atoms with Crippen molar-refractivity contribution in [1.29, 1.82) is 0 Å². The first-order chi connectivity index (χ1) is 5.75. The lowest BCUT2D eigenvalue weighted by molar-refractivity contribution is 1.22. The van der Waals surface area contributed by atoms with Crippen molar-refractivity contribution in [3.8, 4) is 11.4 Å². The molecule has 2 heterocycles. The molecular weight excluding hydrogens is 148 g/mol. The van der Waals surface area contributed by atoms with Gasteiger partial charge in [0, 0.05) is 11.4 Å². The number of H-pyrrole nitrogens is 2. The Bertz CT molecular complexity index is 344. The Kier molecular flexibility index (Phi) is 1.54. The van der Waals surface area contributed by atoms with Crippen molar-refractivity contribution in [3.63, 3.8) is 0 Å². The summed E-state index contributed by atoms with van der Waals surface area (Å²) in [6.07, 6.45) is 0. The van der Waals surface area contributed by atoms with Crippen LogP contribution in [0.3, 0.4) is 0 Å². The minimum Gasteiger partial charge on any atom is -0.357 e. The number of hydrogen-bond acceptors (Lipinski definition) is 0. The second-order valence-corrected chi connectivity index (χ2v) is 3.11. The second-order valence-electron chi connectivity index (χ2n) is 3.11. The predicted octanol–water partition coefficient (Wildman–Crippen LogP) is 2.63. The largest absolute Gasteiger partial charge is 0.357 e. The summed E-state index contributed by atoms with van der Waals surface area (Å²) in [7, 11) is 0. The van der Waals surface area contributed by atoms with E-state index in [1.807, 2.05) is 0 Å². The quantitative estimate of drug-likeness (QED) is 0.642.